The van der Waals surface area contributed by atoms with Crippen LogP contribution in [0.15, 0.2) is 28.0 Å². The van der Waals surface area contributed by atoms with Crippen molar-refractivity contribution in [2.45, 2.75) is 56.1 Å². The molecule has 8 heteroatoms. The molecule has 1 fully saturated rings. The maximum absolute atomic E-state index is 12.1. The number of thioether (sulfide) groups is 1. The molecule has 0 N–H and O–H groups in total. The summed E-state index contributed by atoms with van der Waals surface area (Å²) >= 11 is 1.63. The van der Waals surface area contributed by atoms with E-state index in [9.17, 15) is 4.79 Å². The molecular formula is C16H23N5O2S. The van der Waals surface area contributed by atoms with E-state index in [-0.39, 0.29) is 5.91 Å². The molecule has 1 saturated carbocycles. The lowest BCUT2D eigenvalue weighted by Gasteiger charge is -2.21. The number of aromatic nitrogens is 4. The van der Waals surface area contributed by atoms with E-state index in [2.05, 4.69) is 15.5 Å². The van der Waals surface area contributed by atoms with Crippen LogP contribution in [0.1, 0.15) is 51.0 Å². The Morgan fingerprint density at radius 1 is 1.42 bits per heavy atom. The van der Waals surface area contributed by atoms with E-state index in [0.29, 0.717) is 18.3 Å². The normalized spacial score (nSPS) is 15.5. The Balaban J connectivity index is 1.44. The van der Waals surface area contributed by atoms with Crippen LogP contribution in [0.4, 0.5) is 5.88 Å². The van der Waals surface area contributed by atoms with E-state index in [1.165, 1.54) is 19.3 Å². The molecule has 0 unspecified atom stereocenters. The van der Waals surface area contributed by atoms with E-state index >= 15 is 0 Å². The molecule has 0 aromatic carbocycles. The summed E-state index contributed by atoms with van der Waals surface area (Å²) in [7, 11) is 1.73. The molecular weight excluding hydrogens is 326 g/mol. The first-order chi connectivity index (χ1) is 11.8. The highest BCUT2D eigenvalue weighted by Gasteiger charge is 2.20. The van der Waals surface area contributed by atoms with Crippen LogP contribution in [-0.2, 0) is 4.79 Å². The van der Waals surface area contributed by atoms with Gasteiger partial charge in [0.05, 0.1) is 12.3 Å². The number of hydrogen-bond acceptors (Lipinski definition) is 6. The molecule has 2 aromatic heterocycles. The molecule has 0 aliphatic heterocycles. The number of tetrazole rings is 1. The molecule has 0 radical (unpaired) electrons. The number of nitrogens with zero attached hydrogens (tertiary/aromatic N) is 5. The van der Waals surface area contributed by atoms with Gasteiger partial charge in [-0.2, -0.15) is 0 Å². The van der Waals surface area contributed by atoms with E-state index in [4.69, 9.17) is 4.42 Å². The Morgan fingerprint density at radius 2 is 2.25 bits per heavy atom. The smallest absolute Gasteiger partial charge is 0.229 e. The third kappa shape index (κ3) is 4.17. The fraction of sp³-hybridized carbons (Fsp3) is 0.625. The van der Waals surface area contributed by atoms with Crippen molar-refractivity contribution in [1.82, 2.24) is 20.2 Å². The molecule has 1 aliphatic carbocycles. The molecule has 0 bridgehead atoms. The van der Waals surface area contributed by atoms with Crippen molar-refractivity contribution in [2.24, 2.45) is 0 Å². The Labute approximate surface area is 145 Å². The maximum atomic E-state index is 12.1. The second kappa shape index (κ2) is 8.32. The first kappa shape index (κ1) is 17.0. The van der Waals surface area contributed by atoms with Crippen LogP contribution in [0.5, 0.6) is 0 Å². The minimum atomic E-state index is 0.0532. The summed E-state index contributed by atoms with van der Waals surface area (Å²) in [5.41, 5.74) is 0. The zero-order valence-electron chi connectivity index (χ0n) is 13.9. The quantitative estimate of drug-likeness (QED) is 0.564. The molecule has 7 nitrogen and oxygen atoms in total. The van der Waals surface area contributed by atoms with Crippen molar-refractivity contribution < 1.29 is 9.21 Å². The van der Waals surface area contributed by atoms with Crippen molar-refractivity contribution in [2.75, 3.05) is 17.7 Å². The fourth-order valence-corrected chi connectivity index (χ4v) is 3.86. The zero-order valence-corrected chi connectivity index (χ0v) is 14.7. The van der Waals surface area contributed by atoms with Crippen molar-refractivity contribution in [1.29, 1.82) is 0 Å². The summed E-state index contributed by atoms with van der Waals surface area (Å²) in [5.74, 6) is 1.46. The minimum absolute atomic E-state index is 0.0532. The van der Waals surface area contributed by atoms with E-state index in [1.807, 2.05) is 4.68 Å². The van der Waals surface area contributed by atoms with Crippen LogP contribution in [0.2, 0.25) is 0 Å². The van der Waals surface area contributed by atoms with Crippen LogP contribution < -0.4 is 4.90 Å². The van der Waals surface area contributed by atoms with Gasteiger partial charge < -0.3 is 4.42 Å². The average Bonchev–Trinajstić information content (AvgIpc) is 3.30. The molecule has 1 aliphatic rings. The standard InChI is InChI=1S/C16H23N5O2S/c1-20(15-10-5-11-23-15)14(22)9-6-12-24-16-17-18-19-21(16)13-7-3-2-4-8-13/h5,10-11,13H,2-4,6-9,12H2,1H3. The predicted molar refractivity (Wildman–Crippen MR) is 92.0 cm³/mol. The monoisotopic (exact) mass is 349 g/mol. The van der Waals surface area contributed by atoms with Gasteiger partial charge >= 0.3 is 0 Å². The summed E-state index contributed by atoms with van der Waals surface area (Å²) in [4.78, 5) is 13.7. The van der Waals surface area contributed by atoms with E-state index < -0.39 is 0 Å². The third-order valence-corrected chi connectivity index (χ3v) is 5.38. The van der Waals surface area contributed by atoms with Gasteiger partial charge in [-0.1, -0.05) is 31.0 Å². The van der Waals surface area contributed by atoms with Crippen molar-refractivity contribution in [3.8, 4) is 0 Å². The maximum Gasteiger partial charge on any atom is 0.229 e. The van der Waals surface area contributed by atoms with Crippen LogP contribution in [0.3, 0.4) is 0 Å². The molecule has 1 amide bonds. The lowest BCUT2D eigenvalue weighted by atomic mass is 9.96. The molecule has 130 valence electrons. The summed E-state index contributed by atoms with van der Waals surface area (Å²) in [5, 5.41) is 13.0. The first-order valence-electron chi connectivity index (χ1n) is 8.46. The predicted octanol–water partition coefficient (Wildman–Crippen LogP) is 3.31. The van der Waals surface area contributed by atoms with Crippen LogP contribution >= 0.6 is 11.8 Å². The van der Waals surface area contributed by atoms with E-state index in [0.717, 1.165) is 30.2 Å². The number of carbonyl (C=O) groups is 1. The molecule has 0 spiro atoms. The van der Waals surface area contributed by atoms with Crippen molar-refractivity contribution in [3.05, 3.63) is 18.4 Å². The third-order valence-electron chi connectivity index (χ3n) is 4.36. The van der Waals surface area contributed by atoms with Crippen LogP contribution in [-0.4, -0.2) is 38.9 Å². The largest absolute Gasteiger partial charge is 0.448 e. The van der Waals surface area contributed by atoms with Gasteiger partial charge in [-0.15, -0.1) is 5.10 Å². The molecule has 0 atom stereocenters. The lowest BCUT2D eigenvalue weighted by molar-refractivity contribution is -0.118. The molecule has 24 heavy (non-hydrogen) atoms. The molecule has 3 rings (SSSR count). The first-order valence-corrected chi connectivity index (χ1v) is 9.45. The topological polar surface area (TPSA) is 77.1 Å². The number of hydrogen-bond donors (Lipinski definition) is 0. The van der Waals surface area contributed by atoms with Crippen molar-refractivity contribution in [3.63, 3.8) is 0 Å². The zero-order chi connectivity index (χ0) is 16.8. The number of rotatable bonds is 7. The summed E-state index contributed by atoms with van der Waals surface area (Å²) in [6.45, 7) is 0. The summed E-state index contributed by atoms with van der Waals surface area (Å²) < 4.78 is 7.21. The van der Waals surface area contributed by atoms with E-state index in [1.54, 1.807) is 42.1 Å². The number of amides is 1. The Kier molecular flexibility index (Phi) is 5.90. The molecule has 0 saturated heterocycles. The molecule has 2 heterocycles. The fourth-order valence-electron chi connectivity index (χ4n) is 2.97. The summed E-state index contributed by atoms with van der Waals surface area (Å²) in [6.07, 6.45) is 8.97. The second-order valence-corrected chi connectivity index (χ2v) is 7.12. The van der Waals surface area contributed by atoms with Crippen LogP contribution in [0.25, 0.3) is 0 Å². The van der Waals surface area contributed by atoms with Gasteiger partial charge in [0.25, 0.3) is 0 Å². The minimum Gasteiger partial charge on any atom is -0.448 e. The van der Waals surface area contributed by atoms with Gasteiger partial charge in [-0.25, -0.2) is 4.68 Å². The highest BCUT2D eigenvalue weighted by atomic mass is 32.2. The van der Waals surface area contributed by atoms with Gasteiger partial charge in [0.1, 0.15) is 0 Å². The van der Waals surface area contributed by atoms with Gasteiger partial charge in [0.2, 0.25) is 16.9 Å². The average molecular weight is 349 g/mol. The second-order valence-electron chi connectivity index (χ2n) is 6.05. The highest BCUT2D eigenvalue weighted by Crippen LogP contribution is 2.30. The van der Waals surface area contributed by atoms with Gasteiger partial charge in [0.15, 0.2) is 0 Å². The Bertz CT molecular complexity index is 637. The highest BCUT2D eigenvalue weighted by molar-refractivity contribution is 7.99. The number of furan rings is 1. The molecule has 2 aromatic rings. The van der Waals surface area contributed by atoms with Crippen molar-refractivity contribution >= 4 is 23.6 Å². The number of anilines is 1. The number of carbonyl (C=O) groups excluding carboxylic acids is 1. The van der Waals surface area contributed by atoms with Crippen LogP contribution in [0, 0.1) is 0 Å². The lowest BCUT2D eigenvalue weighted by Crippen LogP contribution is -2.25. The Hall–Kier alpha value is -1.83. The Morgan fingerprint density at radius 3 is 3.00 bits per heavy atom. The van der Waals surface area contributed by atoms with Gasteiger partial charge in [-0.3, -0.25) is 9.69 Å². The van der Waals surface area contributed by atoms with Gasteiger partial charge in [0, 0.05) is 25.3 Å². The summed E-state index contributed by atoms with van der Waals surface area (Å²) in [6, 6.07) is 3.99. The van der Waals surface area contributed by atoms with Gasteiger partial charge in [-0.05, 0) is 35.8 Å². The SMILES string of the molecule is CN(C(=O)CCCSc1nnnn1C1CCCCC1)c1ccco1.